The molecule has 2 aromatic carbocycles. The van der Waals surface area contributed by atoms with Gasteiger partial charge in [-0.1, -0.05) is 60.2 Å². The van der Waals surface area contributed by atoms with Crippen molar-refractivity contribution in [3.05, 3.63) is 72.3 Å². The molecule has 0 aromatic heterocycles. The average molecular weight is 304 g/mol. The van der Waals surface area contributed by atoms with Crippen molar-refractivity contribution in [2.45, 2.75) is 45.4 Å². The van der Waals surface area contributed by atoms with Crippen LogP contribution in [0.15, 0.2) is 61.2 Å². The zero-order chi connectivity index (χ0) is 16.1. The van der Waals surface area contributed by atoms with Gasteiger partial charge in [0.1, 0.15) is 0 Å². The van der Waals surface area contributed by atoms with Crippen LogP contribution in [0, 0.1) is 18.8 Å². The highest BCUT2D eigenvalue weighted by molar-refractivity contribution is 5.63. The molecule has 23 heavy (non-hydrogen) atoms. The highest BCUT2D eigenvalue weighted by Crippen LogP contribution is 2.32. The summed E-state index contributed by atoms with van der Waals surface area (Å²) in [6.07, 6.45) is 10.2. The molecule has 1 aliphatic rings. The lowest BCUT2D eigenvalue weighted by atomic mass is 9.79. The second kappa shape index (κ2) is 7.64. The molecule has 0 heteroatoms. The SMILES string of the molecule is C=CC1CCC(CCc2ccc(-c3ccc(C)cc3)cc2)CC1. The van der Waals surface area contributed by atoms with Crippen molar-refractivity contribution in [3.8, 4) is 11.1 Å². The fraction of sp³-hybridized carbons (Fsp3) is 0.391. The Morgan fingerprint density at radius 2 is 1.43 bits per heavy atom. The van der Waals surface area contributed by atoms with E-state index in [0.717, 1.165) is 11.8 Å². The third kappa shape index (κ3) is 4.34. The van der Waals surface area contributed by atoms with Crippen molar-refractivity contribution < 1.29 is 0 Å². The Morgan fingerprint density at radius 1 is 0.870 bits per heavy atom. The van der Waals surface area contributed by atoms with Crippen LogP contribution in [0.5, 0.6) is 0 Å². The summed E-state index contributed by atoms with van der Waals surface area (Å²) in [5, 5.41) is 0. The van der Waals surface area contributed by atoms with E-state index in [-0.39, 0.29) is 0 Å². The maximum absolute atomic E-state index is 3.94. The van der Waals surface area contributed by atoms with Gasteiger partial charge in [-0.25, -0.2) is 0 Å². The molecule has 0 spiro atoms. The van der Waals surface area contributed by atoms with Crippen LogP contribution in [-0.2, 0) is 6.42 Å². The van der Waals surface area contributed by atoms with Crippen LogP contribution in [0.2, 0.25) is 0 Å². The molecular weight excluding hydrogens is 276 g/mol. The minimum absolute atomic E-state index is 0.778. The Morgan fingerprint density at radius 3 is 2.00 bits per heavy atom. The zero-order valence-electron chi connectivity index (χ0n) is 14.3. The first-order chi connectivity index (χ1) is 11.2. The number of hydrogen-bond donors (Lipinski definition) is 0. The third-order valence-electron chi connectivity index (χ3n) is 5.40. The Labute approximate surface area is 141 Å². The molecule has 0 radical (unpaired) electrons. The fourth-order valence-corrected chi connectivity index (χ4v) is 3.69. The van der Waals surface area contributed by atoms with Gasteiger partial charge < -0.3 is 0 Å². The molecule has 0 unspecified atom stereocenters. The van der Waals surface area contributed by atoms with E-state index in [4.69, 9.17) is 0 Å². The molecule has 0 saturated heterocycles. The summed E-state index contributed by atoms with van der Waals surface area (Å²) in [7, 11) is 0. The fourth-order valence-electron chi connectivity index (χ4n) is 3.69. The molecule has 3 rings (SSSR count). The van der Waals surface area contributed by atoms with Crippen molar-refractivity contribution in [1.29, 1.82) is 0 Å². The van der Waals surface area contributed by atoms with E-state index in [1.54, 1.807) is 0 Å². The summed E-state index contributed by atoms with van der Waals surface area (Å²) in [6, 6.07) is 18.0. The normalized spacial score (nSPS) is 21.1. The summed E-state index contributed by atoms with van der Waals surface area (Å²) in [6.45, 7) is 6.08. The van der Waals surface area contributed by atoms with Crippen molar-refractivity contribution in [2.24, 2.45) is 11.8 Å². The molecule has 0 aliphatic heterocycles. The molecule has 0 amide bonds. The van der Waals surface area contributed by atoms with Crippen LogP contribution in [0.25, 0.3) is 11.1 Å². The minimum Gasteiger partial charge on any atom is -0.103 e. The van der Waals surface area contributed by atoms with Crippen LogP contribution >= 0.6 is 0 Å². The van der Waals surface area contributed by atoms with Gasteiger partial charge in [-0.3, -0.25) is 0 Å². The van der Waals surface area contributed by atoms with E-state index in [2.05, 4.69) is 68.1 Å². The lowest BCUT2D eigenvalue weighted by molar-refractivity contribution is 0.296. The summed E-state index contributed by atoms with van der Waals surface area (Å²) >= 11 is 0. The molecule has 1 saturated carbocycles. The quantitative estimate of drug-likeness (QED) is 0.547. The van der Waals surface area contributed by atoms with E-state index in [0.29, 0.717) is 0 Å². The molecule has 2 aromatic rings. The number of benzene rings is 2. The van der Waals surface area contributed by atoms with E-state index >= 15 is 0 Å². The van der Waals surface area contributed by atoms with Crippen LogP contribution in [-0.4, -0.2) is 0 Å². The van der Waals surface area contributed by atoms with Gasteiger partial charge in [-0.2, -0.15) is 0 Å². The Balaban J connectivity index is 1.54. The zero-order valence-corrected chi connectivity index (χ0v) is 14.3. The first-order valence-electron chi connectivity index (χ1n) is 9.03. The molecule has 1 fully saturated rings. The number of hydrogen-bond acceptors (Lipinski definition) is 0. The van der Waals surface area contributed by atoms with Crippen LogP contribution in [0.3, 0.4) is 0 Å². The molecule has 0 heterocycles. The molecule has 0 bridgehead atoms. The van der Waals surface area contributed by atoms with E-state index in [1.165, 1.54) is 60.8 Å². The average Bonchev–Trinajstić information content (AvgIpc) is 2.61. The topological polar surface area (TPSA) is 0 Å². The summed E-state index contributed by atoms with van der Waals surface area (Å²) < 4.78 is 0. The summed E-state index contributed by atoms with van der Waals surface area (Å²) in [5.74, 6) is 1.70. The largest absolute Gasteiger partial charge is 0.103 e. The first kappa shape index (κ1) is 16.1. The third-order valence-corrected chi connectivity index (χ3v) is 5.40. The van der Waals surface area contributed by atoms with Crippen molar-refractivity contribution in [2.75, 3.05) is 0 Å². The van der Waals surface area contributed by atoms with Gasteiger partial charge in [-0.15, -0.1) is 6.58 Å². The molecule has 1 aliphatic carbocycles. The second-order valence-corrected chi connectivity index (χ2v) is 7.12. The Hall–Kier alpha value is -1.82. The minimum atomic E-state index is 0.778. The van der Waals surface area contributed by atoms with Crippen molar-refractivity contribution >= 4 is 0 Å². The number of rotatable bonds is 5. The van der Waals surface area contributed by atoms with Gasteiger partial charge in [0, 0.05) is 0 Å². The van der Waals surface area contributed by atoms with Crippen molar-refractivity contribution in [3.63, 3.8) is 0 Å². The van der Waals surface area contributed by atoms with Crippen LogP contribution in [0.4, 0.5) is 0 Å². The van der Waals surface area contributed by atoms with E-state index in [1.807, 2.05) is 0 Å². The number of aryl methyl sites for hydroxylation is 2. The maximum atomic E-state index is 3.94. The molecule has 0 N–H and O–H groups in total. The summed E-state index contributed by atoms with van der Waals surface area (Å²) in [4.78, 5) is 0. The second-order valence-electron chi connectivity index (χ2n) is 7.12. The molecular formula is C23H28. The highest BCUT2D eigenvalue weighted by Gasteiger charge is 2.18. The van der Waals surface area contributed by atoms with Gasteiger partial charge in [0.2, 0.25) is 0 Å². The van der Waals surface area contributed by atoms with Gasteiger partial charge in [0.05, 0.1) is 0 Å². The smallest absolute Gasteiger partial charge is 0.0184 e. The lowest BCUT2D eigenvalue weighted by Gasteiger charge is -2.26. The monoisotopic (exact) mass is 304 g/mol. The van der Waals surface area contributed by atoms with Gasteiger partial charge in [0.15, 0.2) is 0 Å². The van der Waals surface area contributed by atoms with Crippen molar-refractivity contribution in [1.82, 2.24) is 0 Å². The Kier molecular flexibility index (Phi) is 5.33. The number of allylic oxidation sites excluding steroid dienone is 1. The molecule has 120 valence electrons. The molecule has 0 nitrogen and oxygen atoms in total. The van der Waals surface area contributed by atoms with E-state index in [9.17, 15) is 0 Å². The van der Waals surface area contributed by atoms with Crippen LogP contribution in [0.1, 0.15) is 43.2 Å². The maximum Gasteiger partial charge on any atom is -0.0184 e. The predicted octanol–water partition coefficient (Wildman–Crippen LogP) is 6.59. The molecule has 0 atom stereocenters. The summed E-state index contributed by atoms with van der Waals surface area (Å²) in [5.41, 5.74) is 5.42. The van der Waals surface area contributed by atoms with Gasteiger partial charge in [-0.05, 0) is 74.0 Å². The first-order valence-corrected chi connectivity index (χ1v) is 9.03. The van der Waals surface area contributed by atoms with Gasteiger partial charge >= 0.3 is 0 Å². The van der Waals surface area contributed by atoms with Gasteiger partial charge in [0.25, 0.3) is 0 Å². The van der Waals surface area contributed by atoms with Crippen LogP contribution < -0.4 is 0 Å². The Bertz CT molecular complexity index is 610. The lowest BCUT2D eigenvalue weighted by Crippen LogP contribution is -2.13. The predicted molar refractivity (Wildman–Crippen MR) is 101 cm³/mol. The highest BCUT2D eigenvalue weighted by atomic mass is 14.2. The standard InChI is InChI=1S/C23H28/c1-3-19-6-8-20(9-7-19)10-11-21-12-16-23(17-13-21)22-14-4-18(2)5-15-22/h3-5,12-17,19-20H,1,6-11H2,2H3. The van der Waals surface area contributed by atoms with E-state index < -0.39 is 0 Å².